The SMILES string of the molecule is CCCCCCc1c(-c2ccc(OCC(=O)CN[C@H](CCCN=C(N)N)C(N)=O)cc2OCC(=O)CN[C@H](CCCN=C(N)N)C(N)=O)oc2cc(OC)cc(O)c2c1=O. The molecule has 20 heteroatoms. The first-order chi connectivity index (χ1) is 28.6. The van der Waals surface area contributed by atoms with Crippen LogP contribution in [0.4, 0.5) is 0 Å². The second-order valence-electron chi connectivity index (χ2n) is 14.0. The van der Waals surface area contributed by atoms with Gasteiger partial charge in [-0.2, -0.15) is 0 Å². The molecule has 0 aliphatic carbocycles. The van der Waals surface area contributed by atoms with Crippen LogP contribution < -0.4 is 64.7 Å². The lowest BCUT2D eigenvalue weighted by Crippen LogP contribution is -2.44. The van der Waals surface area contributed by atoms with Crippen LogP contribution in [0.1, 0.15) is 63.9 Å². The Morgan fingerprint density at radius 2 is 1.35 bits per heavy atom. The van der Waals surface area contributed by atoms with Crippen LogP contribution in [0.25, 0.3) is 22.3 Å². The standard InChI is InChI=1S/C40H58N10O10/c1-3-4-5-6-9-28-35(54)34-31(53)16-26(57-2)18-33(34)60-36(28)27-13-12-25(58-21-23(51)19-49-29(37(41)55)10-7-14-47-39(43)44)17-32(27)59-22-24(52)20-50-30(38(42)56)11-8-15-48-40(45)46/h12-13,16-18,29-30,49-50,53H,3-11,14-15,19-22H2,1-2H3,(H2,41,55)(H2,42,56)(H4,43,44,47)(H4,45,46,48)/t29-,30-/m1/s1. The number of rotatable bonds is 29. The molecule has 3 rings (SSSR count). The summed E-state index contributed by atoms with van der Waals surface area (Å²) in [6.45, 7) is 1.18. The fourth-order valence-electron chi connectivity index (χ4n) is 6.10. The molecule has 2 aromatic carbocycles. The Morgan fingerprint density at radius 1 is 0.767 bits per heavy atom. The van der Waals surface area contributed by atoms with Crippen molar-refractivity contribution in [1.82, 2.24) is 10.6 Å². The lowest BCUT2D eigenvalue weighted by molar-refractivity contribution is -0.123. The minimum Gasteiger partial charge on any atom is -0.507 e. The average molecular weight is 839 g/mol. The molecule has 0 spiro atoms. The molecular formula is C40H58N10O10. The van der Waals surface area contributed by atoms with E-state index in [2.05, 4.69) is 27.5 Å². The average Bonchev–Trinajstić information content (AvgIpc) is 3.19. The van der Waals surface area contributed by atoms with E-state index in [0.29, 0.717) is 25.7 Å². The predicted molar refractivity (Wildman–Crippen MR) is 227 cm³/mol. The molecule has 20 nitrogen and oxygen atoms in total. The number of amides is 2. The number of methoxy groups -OCH3 is 1. The number of carbonyl (C=O) groups excluding carboxylic acids is 4. The van der Waals surface area contributed by atoms with Crippen molar-refractivity contribution in [1.29, 1.82) is 0 Å². The summed E-state index contributed by atoms with van der Waals surface area (Å²) in [4.78, 5) is 71.9. The molecule has 15 N–H and O–H groups in total. The molecule has 3 aromatic rings. The second-order valence-corrected chi connectivity index (χ2v) is 14.0. The number of phenols is 1. The fraction of sp³-hybridized carbons (Fsp3) is 0.475. The highest BCUT2D eigenvalue weighted by Crippen LogP contribution is 2.39. The number of nitrogens with two attached hydrogens (primary N) is 6. The molecule has 0 aliphatic heterocycles. The minimum absolute atomic E-state index is 0.0181. The van der Waals surface area contributed by atoms with Gasteiger partial charge in [-0.05, 0) is 50.7 Å². The first-order valence-corrected chi connectivity index (χ1v) is 19.6. The Labute approximate surface area is 347 Å². The number of carbonyl (C=O) groups is 4. The van der Waals surface area contributed by atoms with Crippen molar-refractivity contribution in [3.8, 4) is 34.3 Å². The monoisotopic (exact) mass is 838 g/mol. The molecule has 0 unspecified atom stereocenters. The summed E-state index contributed by atoms with van der Waals surface area (Å²) in [5, 5.41) is 16.5. The molecule has 0 saturated heterocycles. The van der Waals surface area contributed by atoms with Gasteiger partial charge in [0, 0.05) is 36.9 Å². The van der Waals surface area contributed by atoms with E-state index < -0.39 is 54.1 Å². The molecular weight excluding hydrogens is 780 g/mol. The van der Waals surface area contributed by atoms with Crippen molar-refractivity contribution in [2.45, 2.75) is 76.8 Å². The number of Topliss-reactive ketones (excluding diaryl/α,β-unsaturated/α-hetero) is 2. The van der Waals surface area contributed by atoms with E-state index in [1.807, 2.05) is 0 Å². The Morgan fingerprint density at radius 3 is 1.88 bits per heavy atom. The molecule has 328 valence electrons. The van der Waals surface area contributed by atoms with Gasteiger partial charge in [-0.1, -0.05) is 26.2 Å². The van der Waals surface area contributed by atoms with E-state index in [1.165, 1.54) is 31.4 Å². The number of ether oxygens (including phenoxy) is 3. The maximum atomic E-state index is 14.1. The van der Waals surface area contributed by atoms with Crippen molar-refractivity contribution < 1.29 is 42.9 Å². The van der Waals surface area contributed by atoms with Crippen LogP contribution in [0.15, 0.2) is 49.5 Å². The van der Waals surface area contributed by atoms with Gasteiger partial charge in [-0.25, -0.2) is 0 Å². The number of ketones is 2. The van der Waals surface area contributed by atoms with Crippen LogP contribution in [0.2, 0.25) is 0 Å². The third-order valence-corrected chi connectivity index (χ3v) is 9.21. The molecule has 60 heavy (non-hydrogen) atoms. The van der Waals surface area contributed by atoms with Crippen LogP contribution in [0.3, 0.4) is 0 Å². The highest BCUT2D eigenvalue weighted by atomic mass is 16.5. The number of phenolic OH excluding ortho intramolecular Hbond substituents is 1. The van der Waals surface area contributed by atoms with Crippen LogP contribution in [0.5, 0.6) is 23.0 Å². The van der Waals surface area contributed by atoms with Crippen molar-refractivity contribution in [2.75, 3.05) is 46.5 Å². The second kappa shape index (κ2) is 24.5. The number of nitrogens with zero attached hydrogens (tertiary/aromatic N) is 2. The van der Waals surface area contributed by atoms with Gasteiger partial charge in [-0.15, -0.1) is 0 Å². The van der Waals surface area contributed by atoms with Crippen LogP contribution >= 0.6 is 0 Å². The van der Waals surface area contributed by atoms with Crippen molar-refractivity contribution in [2.24, 2.45) is 44.4 Å². The van der Waals surface area contributed by atoms with Gasteiger partial charge in [0.1, 0.15) is 52.9 Å². The lowest BCUT2D eigenvalue weighted by Gasteiger charge is -2.17. The summed E-state index contributed by atoms with van der Waals surface area (Å²) >= 11 is 0. The number of fused-ring (bicyclic) bond motifs is 1. The molecule has 0 bridgehead atoms. The third kappa shape index (κ3) is 15.4. The van der Waals surface area contributed by atoms with Gasteiger partial charge in [0.2, 0.25) is 11.8 Å². The molecule has 2 amide bonds. The van der Waals surface area contributed by atoms with Gasteiger partial charge >= 0.3 is 0 Å². The summed E-state index contributed by atoms with van der Waals surface area (Å²) in [6, 6.07) is 5.69. The third-order valence-electron chi connectivity index (χ3n) is 9.21. The molecule has 1 aromatic heterocycles. The maximum Gasteiger partial charge on any atom is 0.234 e. The zero-order valence-electron chi connectivity index (χ0n) is 34.1. The number of aliphatic imine (C=N–C) groups is 2. The predicted octanol–water partition coefficient (Wildman–Crippen LogP) is 0.187. The first kappa shape index (κ1) is 48.0. The molecule has 0 saturated carbocycles. The molecule has 2 atom stereocenters. The van der Waals surface area contributed by atoms with Crippen molar-refractivity contribution >= 4 is 46.3 Å². The van der Waals surface area contributed by atoms with Crippen LogP contribution in [-0.4, -0.2) is 99.0 Å². The van der Waals surface area contributed by atoms with E-state index in [0.717, 1.165) is 19.3 Å². The number of unbranched alkanes of at least 4 members (excludes halogenated alkanes) is 3. The van der Waals surface area contributed by atoms with Gasteiger partial charge in [0.25, 0.3) is 0 Å². The van der Waals surface area contributed by atoms with Gasteiger partial charge in [0.05, 0.1) is 37.8 Å². The van der Waals surface area contributed by atoms with Crippen LogP contribution in [0, 0.1) is 0 Å². The smallest absolute Gasteiger partial charge is 0.234 e. The van der Waals surface area contributed by atoms with Crippen LogP contribution in [-0.2, 0) is 25.6 Å². The number of nitrogens with one attached hydrogen (secondary N) is 2. The first-order valence-electron chi connectivity index (χ1n) is 19.6. The Balaban J connectivity index is 1.93. The quantitative estimate of drug-likeness (QED) is 0.0256. The van der Waals surface area contributed by atoms with Gasteiger partial charge < -0.3 is 58.1 Å². The summed E-state index contributed by atoms with van der Waals surface area (Å²) in [5.41, 5.74) is 32.6. The molecule has 0 radical (unpaired) electrons. The number of primary amides is 2. The van der Waals surface area contributed by atoms with E-state index in [1.54, 1.807) is 6.07 Å². The molecule has 0 aliphatic rings. The topological polar surface area (TPSA) is 351 Å². The number of guanidine groups is 2. The lowest BCUT2D eigenvalue weighted by atomic mass is 9.98. The zero-order chi connectivity index (χ0) is 44.2. The Bertz CT molecular complexity index is 2060. The van der Waals surface area contributed by atoms with E-state index >= 15 is 0 Å². The normalized spacial score (nSPS) is 12.0. The minimum atomic E-state index is -0.846. The largest absolute Gasteiger partial charge is 0.507 e. The van der Waals surface area contributed by atoms with E-state index in [4.69, 9.17) is 53.0 Å². The zero-order valence-corrected chi connectivity index (χ0v) is 34.1. The fourth-order valence-corrected chi connectivity index (χ4v) is 6.10. The summed E-state index contributed by atoms with van der Waals surface area (Å²) in [5.74, 6) is -2.05. The number of hydrogen-bond donors (Lipinski definition) is 9. The number of hydrogen-bond acceptors (Lipinski definition) is 14. The van der Waals surface area contributed by atoms with Crippen molar-refractivity contribution in [3.63, 3.8) is 0 Å². The van der Waals surface area contributed by atoms with Gasteiger partial charge in [0.15, 0.2) is 28.9 Å². The molecule has 1 heterocycles. The highest BCUT2D eigenvalue weighted by molar-refractivity contribution is 5.89. The Kier molecular flexibility index (Phi) is 19.6. The summed E-state index contributed by atoms with van der Waals surface area (Å²) < 4.78 is 23.5. The summed E-state index contributed by atoms with van der Waals surface area (Å²) in [7, 11) is 1.41. The molecule has 0 fully saturated rings. The summed E-state index contributed by atoms with van der Waals surface area (Å²) in [6.07, 6.45) is 5.11. The number of aromatic hydroxyl groups is 1. The van der Waals surface area contributed by atoms with E-state index in [-0.39, 0.29) is 102 Å². The van der Waals surface area contributed by atoms with Gasteiger partial charge in [-0.3, -0.25) is 44.6 Å². The number of benzene rings is 2. The maximum absolute atomic E-state index is 14.1. The van der Waals surface area contributed by atoms with Crippen molar-refractivity contribution in [3.05, 3.63) is 46.1 Å². The Hall–Kier alpha value is -6.41. The van der Waals surface area contributed by atoms with E-state index in [9.17, 15) is 29.1 Å². The highest BCUT2D eigenvalue weighted by Gasteiger charge is 2.24.